The molecule has 1 heterocycles. The fraction of sp³-hybridized carbons (Fsp3) is 0.873. The predicted molar refractivity (Wildman–Crippen MR) is 265 cm³/mol. The van der Waals surface area contributed by atoms with Crippen molar-refractivity contribution in [3.8, 4) is 0 Å². The van der Waals surface area contributed by atoms with Crippen molar-refractivity contribution in [1.82, 2.24) is 0 Å². The second-order valence-electron chi connectivity index (χ2n) is 18.7. The molecule has 1 rings (SSSR count). The largest absolute Gasteiger partial charge is 0.457 e. The summed E-state index contributed by atoms with van der Waals surface area (Å²) in [7, 11) is 0. The van der Waals surface area contributed by atoms with E-state index in [-0.39, 0.29) is 19.2 Å². The number of esters is 1. The average molecular weight is 907 g/mol. The molecule has 376 valence electrons. The minimum Gasteiger partial charge on any atom is -0.457 e. The molecule has 64 heavy (non-hydrogen) atoms. The SMILES string of the molecule is CCCCCCC/C=C\C/C=C\C/C=C\CCCCCCCCCCCCCOCC(COC1OC(CO)C(O)C(O)C1O)OC(=O)CCCCCCCCCCCCCCCCC. The van der Waals surface area contributed by atoms with Gasteiger partial charge in [0, 0.05) is 13.0 Å². The van der Waals surface area contributed by atoms with Gasteiger partial charge < -0.3 is 39.4 Å². The number of hydrogen-bond donors (Lipinski definition) is 4. The molecule has 0 aromatic heterocycles. The van der Waals surface area contributed by atoms with Crippen LogP contribution in [-0.4, -0.2) is 89.6 Å². The molecule has 0 aromatic carbocycles. The maximum absolute atomic E-state index is 12.8. The van der Waals surface area contributed by atoms with Crippen molar-refractivity contribution in [2.24, 2.45) is 0 Å². The van der Waals surface area contributed by atoms with Gasteiger partial charge in [0.15, 0.2) is 6.29 Å². The van der Waals surface area contributed by atoms with Crippen LogP contribution in [0.4, 0.5) is 0 Å². The molecule has 0 aliphatic carbocycles. The van der Waals surface area contributed by atoms with E-state index in [0.717, 1.165) is 44.9 Å². The summed E-state index contributed by atoms with van der Waals surface area (Å²) in [5, 5.41) is 40.3. The van der Waals surface area contributed by atoms with Gasteiger partial charge in [-0.3, -0.25) is 4.79 Å². The van der Waals surface area contributed by atoms with Crippen LogP contribution in [-0.2, 0) is 23.7 Å². The first kappa shape index (κ1) is 60.4. The normalized spacial score (nSPS) is 19.8. The Morgan fingerprint density at radius 1 is 0.500 bits per heavy atom. The van der Waals surface area contributed by atoms with E-state index in [2.05, 4.69) is 50.3 Å². The monoisotopic (exact) mass is 907 g/mol. The third-order valence-electron chi connectivity index (χ3n) is 12.6. The van der Waals surface area contributed by atoms with E-state index < -0.39 is 43.4 Å². The van der Waals surface area contributed by atoms with Gasteiger partial charge in [-0.15, -0.1) is 0 Å². The highest BCUT2D eigenvalue weighted by Gasteiger charge is 2.44. The Hall–Kier alpha value is -1.59. The van der Waals surface area contributed by atoms with Crippen molar-refractivity contribution in [2.75, 3.05) is 26.4 Å². The van der Waals surface area contributed by atoms with E-state index in [1.807, 2.05) is 0 Å². The van der Waals surface area contributed by atoms with Crippen LogP contribution in [0.2, 0.25) is 0 Å². The molecule has 0 aromatic rings. The van der Waals surface area contributed by atoms with Gasteiger partial charge in [-0.1, -0.05) is 224 Å². The van der Waals surface area contributed by atoms with Crippen LogP contribution < -0.4 is 0 Å². The second kappa shape index (κ2) is 46.5. The molecule has 0 amide bonds. The Morgan fingerprint density at radius 2 is 0.906 bits per heavy atom. The average Bonchev–Trinajstić information content (AvgIpc) is 3.30. The minimum atomic E-state index is -1.54. The topological polar surface area (TPSA) is 135 Å². The van der Waals surface area contributed by atoms with Gasteiger partial charge in [-0.05, 0) is 51.4 Å². The van der Waals surface area contributed by atoms with Crippen molar-refractivity contribution in [1.29, 1.82) is 0 Å². The number of carbonyl (C=O) groups excluding carboxylic acids is 1. The maximum Gasteiger partial charge on any atom is 0.306 e. The van der Waals surface area contributed by atoms with Crippen molar-refractivity contribution < 1.29 is 44.2 Å². The van der Waals surface area contributed by atoms with Gasteiger partial charge in [-0.25, -0.2) is 0 Å². The molecule has 1 aliphatic rings. The molecule has 1 aliphatic heterocycles. The highest BCUT2D eigenvalue weighted by Crippen LogP contribution is 2.23. The molecule has 0 saturated carbocycles. The Balaban J connectivity index is 2.15. The van der Waals surface area contributed by atoms with E-state index >= 15 is 0 Å². The van der Waals surface area contributed by atoms with Crippen LogP contribution in [0.5, 0.6) is 0 Å². The summed E-state index contributed by atoms with van der Waals surface area (Å²) in [5.74, 6) is -0.311. The number of aliphatic hydroxyl groups excluding tert-OH is 4. The van der Waals surface area contributed by atoms with Crippen molar-refractivity contribution in [2.45, 2.75) is 282 Å². The summed E-state index contributed by atoms with van der Waals surface area (Å²) in [5.41, 5.74) is 0. The van der Waals surface area contributed by atoms with Crippen LogP contribution in [0.15, 0.2) is 36.5 Å². The molecular formula is C55H102O9. The highest BCUT2D eigenvalue weighted by atomic mass is 16.7. The Labute approximate surface area is 393 Å². The first-order valence-corrected chi connectivity index (χ1v) is 27.1. The Morgan fingerprint density at radius 3 is 1.36 bits per heavy atom. The third-order valence-corrected chi connectivity index (χ3v) is 12.6. The summed E-state index contributed by atoms with van der Waals surface area (Å²) < 4.78 is 22.9. The lowest BCUT2D eigenvalue weighted by Crippen LogP contribution is -2.59. The molecule has 0 bridgehead atoms. The summed E-state index contributed by atoms with van der Waals surface area (Å²) in [4.78, 5) is 12.8. The molecule has 0 radical (unpaired) electrons. The van der Waals surface area contributed by atoms with Crippen molar-refractivity contribution in [3.63, 3.8) is 0 Å². The van der Waals surface area contributed by atoms with Crippen LogP contribution >= 0.6 is 0 Å². The van der Waals surface area contributed by atoms with Crippen molar-refractivity contribution >= 4 is 5.97 Å². The fourth-order valence-electron chi connectivity index (χ4n) is 8.32. The summed E-state index contributed by atoms with van der Waals surface area (Å²) >= 11 is 0. The molecule has 0 spiro atoms. The second-order valence-corrected chi connectivity index (χ2v) is 18.7. The quantitative estimate of drug-likeness (QED) is 0.0267. The van der Waals surface area contributed by atoms with Crippen LogP contribution in [0.25, 0.3) is 0 Å². The molecule has 9 heteroatoms. The van der Waals surface area contributed by atoms with Gasteiger partial charge in [-0.2, -0.15) is 0 Å². The van der Waals surface area contributed by atoms with E-state index in [9.17, 15) is 25.2 Å². The lowest BCUT2D eigenvalue weighted by atomic mass is 9.99. The third kappa shape index (κ3) is 36.5. The molecule has 6 atom stereocenters. The standard InChI is InChI=1S/C55H102O9/c1-3-5-7-9-11-13-15-17-19-20-21-22-23-24-25-26-27-28-29-31-33-35-37-39-41-43-45-61-47-49(48-62-55-54(60)53(59)52(58)50(46-56)64-55)63-51(57)44-42-40-38-36-34-32-30-18-16-14-12-10-8-6-4-2/h15,17,20-21,23-24,49-50,52-56,58-60H,3-14,16,18-19,22,25-48H2,1-2H3/b17-15-,21-20-,24-23-. The first-order valence-electron chi connectivity index (χ1n) is 27.1. The summed E-state index contributed by atoms with van der Waals surface area (Å²) in [6.07, 6.45) is 50.4. The molecule has 9 nitrogen and oxygen atoms in total. The number of carbonyl (C=O) groups is 1. The molecule has 1 saturated heterocycles. The van der Waals surface area contributed by atoms with E-state index in [1.54, 1.807) is 0 Å². The van der Waals surface area contributed by atoms with Crippen LogP contribution in [0.3, 0.4) is 0 Å². The highest BCUT2D eigenvalue weighted by molar-refractivity contribution is 5.69. The van der Waals surface area contributed by atoms with Gasteiger partial charge in [0.1, 0.15) is 30.5 Å². The smallest absolute Gasteiger partial charge is 0.306 e. The maximum atomic E-state index is 12.8. The van der Waals surface area contributed by atoms with Gasteiger partial charge >= 0.3 is 5.97 Å². The number of hydrogen-bond acceptors (Lipinski definition) is 9. The fourth-order valence-corrected chi connectivity index (χ4v) is 8.32. The zero-order valence-corrected chi connectivity index (χ0v) is 41.5. The van der Waals surface area contributed by atoms with E-state index in [4.69, 9.17) is 18.9 Å². The van der Waals surface area contributed by atoms with Crippen LogP contribution in [0, 0.1) is 0 Å². The Kier molecular flexibility index (Phi) is 43.9. The summed E-state index contributed by atoms with van der Waals surface area (Å²) in [6.45, 7) is 4.58. The van der Waals surface area contributed by atoms with Gasteiger partial charge in [0.05, 0.1) is 19.8 Å². The first-order chi connectivity index (χ1) is 31.4. The lowest BCUT2D eigenvalue weighted by molar-refractivity contribution is -0.305. The molecule has 6 unspecified atom stereocenters. The Bertz CT molecular complexity index is 1080. The van der Waals surface area contributed by atoms with Crippen molar-refractivity contribution in [3.05, 3.63) is 36.5 Å². The zero-order chi connectivity index (χ0) is 46.4. The number of aliphatic hydroxyl groups is 4. The molecular weight excluding hydrogens is 805 g/mol. The predicted octanol–water partition coefficient (Wildman–Crippen LogP) is 13.5. The number of unbranched alkanes of at least 4 members (excludes halogenated alkanes) is 30. The van der Waals surface area contributed by atoms with E-state index in [0.29, 0.717) is 13.0 Å². The lowest BCUT2D eigenvalue weighted by Gasteiger charge is -2.39. The van der Waals surface area contributed by atoms with Gasteiger partial charge in [0.2, 0.25) is 0 Å². The number of rotatable bonds is 47. The number of ether oxygens (including phenoxy) is 4. The van der Waals surface area contributed by atoms with E-state index in [1.165, 1.54) is 180 Å². The van der Waals surface area contributed by atoms with Gasteiger partial charge in [0.25, 0.3) is 0 Å². The minimum absolute atomic E-state index is 0.111. The number of allylic oxidation sites excluding steroid dienone is 6. The van der Waals surface area contributed by atoms with Crippen LogP contribution in [0.1, 0.15) is 245 Å². The molecule has 1 fully saturated rings. The summed E-state index contributed by atoms with van der Waals surface area (Å²) in [6, 6.07) is 0. The zero-order valence-electron chi connectivity index (χ0n) is 41.5. The molecule has 4 N–H and O–H groups in total.